The highest BCUT2D eigenvalue weighted by atomic mass is 15.2. The lowest BCUT2D eigenvalue weighted by molar-refractivity contribution is 0.247. The Kier molecular flexibility index (Phi) is 5.22. The minimum atomic E-state index is 0.277. The summed E-state index contributed by atoms with van der Waals surface area (Å²) < 4.78 is 2.41. The van der Waals surface area contributed by atoms with Crippen molar-refractivity contribution >= 4 is 0 Å². The van der Waals surface area contributed by atoms with Crippen molar-refractivity contribution in [2.24, 2.45) is 0 Å². The zero-order valence-corrected chi connectivity index (χ0v) is 13.5. The second-order valence-electron chi connectivity index (χ2n) is 6.33. The first-order valence-electron chi connectivity index (χ1n) is 8.06. The summed E-state index contributed by atoms with van der Waals surface area (Å²) in [6.45, 7) is 14.7. The van der Waals surface area contributed by atoms with Crippen LogP contribution in [0, 0.1) is 0 Å². The van der Waals surface area contributed by atoms with Gasteiger partial charge in [0, 0.05) is 29.9 Å². The van der Waals surface area contributed by atoms with Gasteiger partial charge in [0.2, 0.25) is 0 Å². The fourth-order valence-corrected chi connectivity index (χ4v) is 3.30. The van der Waals surface area contributed by atoms with Crippen molar-refractivity contribution < 1.29 is 0 Å². The van der Waals surface area contributed by atoms with E-state index in [9.17, 15) is 0 Å². The van der Waals surface area contributed by atoms with Gasteiger partial charge in [0.1, 0.15) is 0 Å². The normalized spacial score (nSPS) is 20.2. The second kappa shape index (κ2) is 6.72. The van der Waals surface area contributed by atoms with Gasteiger partial charge in [-0.2, -0.15) is 0 Å². The zero-order valence-electron chi connectivity index (χ0n) is 13.5. The van der Waals surface area contributed by atoms with Crippen molar-refractivity contribution in [3.05, 3.63) is 18.2 Å². The average molecular weight is 278 g/mol. The fraction of sp³-hybridized carbons (Fsp3) is 0.812. The van der Waals surface area contributed by atoms with E-state index in [-0.39, 0.29) is 5.41 Å². The fourth-order valence-electron chi connectivity index (χ4n) is 3.30. The summed E-state index contributed by atoms with van der Waals surface area (Å²) in [6.07, 6.45) is 6.52. The largest absolute Gasteiger partial charge is 0.330 e. The zero-order chi connectivity index (χ0) is 14.6. The monoisotopic (exact) mass is 278 g/mol. The number of rotatable bonds is 6. The number of piperidine rings is 1. The molecule has 1 aromatic rings. The predicted octanol–water partition coefficient (Wildman–Crippen LogP) is 2.43. The van der Waals surface area contributed by atoms with Gasteiger partial charge in [0.25, 0.3) is 0 Å². The molecule has 2 rings (SSSR count). The molecule has 0 radical (unpaired) electrons. The molecule has 1 N–H and O–H groups in total. The summed E-state index contributed by atoms with van der Waals surface area (Å²) in [6, 6.07) is 0.485. The number of likely N-dealkylation sites (N-methyl/N-ethyl adjacent to an activating group) is 1. The first-order valence-corrected chi connectivity index (χ1v) is 8.06. The van der Waals surface area contributed by atoms with Crippen molar-refractivity contribution in [1.82, 2.24) is 19.8 Å². The molecule has 1 saturated heterocycles. The lowest BCUT2D eigenvalue weighted by Gasteiger charge is -2.36. The highest BCUT2D eigenvalue weighted by Gasteiger charge is 2.32. The van der Waals surface area contributed by atoms with Crippen LogP contribution in [0.15, 0.2) is 12.5 Å². The van der Waals surface area contributed by atoms with Gasteiger partial charge in [-0.15, -0.1) is 0 Å². The molecule has 0 bridgehead atoms. The third-order valence-corrected chi connectivity index (χ3v) is 4.88. The van der Waals surface area contributed by atoms with Crippen LogP contribution in [-0.2, 0) is 5.41 Å². The minimum absolute atomic E-state index is 0.277. The van der Waals surface area contributed by atoms with Crippen LogP contribution in [0.1, 0.15) is 52.3 Å². The lowest BCUT2D eigenvalue weighted by atomic mass is 9.78. The minimum Gasteiger partial charge on any atom is -0.330 e. The van der Waals surface area contributed by atoms with Gasteiger partial charge in [0.05, 0.1) is 6.33 Å². The third kappa shape index (κ3) is 3.23. The van der Waals surface area contributed by atoms with Gasteiger partial charge in [-0.1, -0.05) is 20.8 Å². The average Bonchev–Trinajstić information content (AvgIpc) is 2.95. The number of hydrogen-bond donors (Lipinski definition) is 1. The van der Waals surface area contributed by atoms with Crippen molar-refractivity contribution in [3.8, 4) is 0 Å². The topological polar surface area (TPSA) is 33.1 Å². The maximum absolute atomic E-state index is 4.45. The standard InChI is InChI=1S/C16H30N4/c1-5-19(6-2)12-14(3)20-13-18-11-15(20)16(4)7-9-17-10-8-16/h11,13-14,17H,5-10,12H2,1-4H3. The Morgan fingerprint density at radius 3 is 2.60 bits per heavy atom. The quantitative estimate of drug-likeness (QED) is 0.867. The van der Waals surface area contributed by atoms with E-state index in [4.69, 9.17) is 0 Å². The van der Waals surface area contributed by atoms with Crippen molar-refractivity contribution in [1.29, 1.82) is 0 Å². The Morgan fingerprint density at radius 1 is 1.35 bits per heavy atom. The summed E-state index contributed by atoms with van der Waals surface area (Å²) in [4.78, 5) is 6.93. The molecule has 20 heavy (non-hydrogen) atoms. The number of aromatic nitrogens is 2. The molecule has 4 heteroatoms. The molecule has 2 heterocycles. The molecular weight excluding hydrogens is 248 g/mol. The summed E-state index contributed by atoms with van der Waals surface area (Å²) in [5.41, 5.74) is 1.69. The molecule has 4 nitrogen and oxygen atoms in total. The lowest BCUT2D eigenvalue weighted by Crippen LogP contribution is -2.40. The number of imidazole rings is 1. The molecule has 1 unspecified atom stereocenters. The van der Waals surface area contributed by atoms with Crippen molar-refractivity contribution in [2.45, 2.75) is 52.0 Å². The Labute approximate surface area is 123 Å². The SMILES string of the molecule is CCN(CC)CC(C)n1cncc1C1(C)CCNCC1. The summed E-state index contributed by atoms with van der Waals surface area (Å²) >= 11 is 0. The van der Waals surface area contributed by atoms with Gasteiger partial charge in [-0.05, 0) is 45.9 Å². The van der Waals surface area contributed by atoms with E-state index in [1.807, 2.05) is 6.33 Å². The highest BCUT2D eigenvalue weighted by Crippen LogP contribution is 2.33. The molecule has 1 aliphatic heterocycles. The number of nitrogens with one attached hydrogen (secondary N) is 1. The number of hydrogen-bond acceptors (Lipinski definition) is 3. The van der Waals surface area contributed by atoms with Gasteiger partial charge in [-0.25, -0.2) is 4.98 Å². The molecule has 0 spiro atoms. The van der Waals surface area contributed by atoms with Crippen LogP contribution < -0.4 is 5.32 Å². The smallest absolute Gasteiger partial charge is 0.0951 e. The summed E-state index contributed by atoms with van der Waals surface area (Å²) in [5, 5.41) is 3.46. The predicted molar refractivity (Wildman–Crippen MR) is 84.2 cm³/mol. The molecule has 1 fully saturated rings. The van der Waals surface area contributed by atoms with E-state index >= 15 is 0 Å². The molecule has 0 amide bonds. The van der Waals surface area contributed by atoms with Crippen molar-refractivity contribution in [3.63, 3.8) is 0 Å². The highest BCUT2D eigenvalue weighted by molar-refractivity contribution is 5.16. The van der Waals surface area contributed by atoms with Gasteiger partial charge < -0.3 is 14.8 Å². The van der Waals surface area contributed by atoms with Crippen LogP contribution >= 0.6 is 0 Å². The van der Waals surface area contributed by atoms with Crippen LogP contribution in [0.2, 0.25) is 0 Å². The Morgan fingerprint density at radius 2 is 2.00 bits per heavy atom. The number of nitrogens with zero attached hydrogens (tertiary/aromatic N) is 3. The summed E-state index contributed by atoms with van der Waals surface area (Å²) in [7, 11) is 0. The maximum atomic E-state index is 4.45. The van der Waals surface area contributed by atoms with Crippen LogP contribution in [-0.4, -0.2) is 47.2 Å². The maximum Gasteiger partial charge on any atom is 0.0951 e. The van der Waals surface area contributed by atoms with E-state index in [2.05, 4.69) is 53.7 Å². The first-order chi connectivity index (χ1) is 9.60. The van der Waals surface area contributed by atoms with Crippen LogP contribution in [0.25, 0.3) is 0 Å². The van der Waals surface area contributed by atoms with Gasteiger partial charge in [-0.3, -0.25) is 0 Å². The van der Waals surface area contributed by atoms with Crippen LogP contribution in [0.4, 0.5) is 0 Å². The summed E-state index contributed by atoms with van der Waals surface area (Å²) in [5.74, 6) is 0. The van der Waals surface area contributed by atoms with Gasteiger partial charge >= 0.3 is 0 Å². The Balaban J connectivity index is 2.15. The molecule has 1 aliphatic rings. The molecule has 1 atom stereocenters. The molecule has 114 valence electrons. The molecule has 0 aliphatic carbocycles. The van der Waals surface area contributed by atoms with E-state index in [1.165, 1.54) is 18.5 Å². The first kappa shape index (κ1) is 15.5. The van der Waals surface area contributed by atoms with Crippen molar-refractivity contribution in [2.75, 3.05) is 32.7 Å². The Hall–Kier alpha value is -0.870. The Bertz CT molecular complexity index is 402. The molecule has 0 aromatic carbocycles. The van der Waals surface area contributed by atoms with Crippen LogP contribution in [0.5, 0.6) is 0 Å². The molecular formula is C16H30N4. The molecule has 1 aromatic heterocycles. The van der Waals surface area contributed by atoms with Gasteiger partial charge in [0.15, 0.2) is 0 Å². The van der Waals surface area contributed by atoms with E-state index in [0.717, 1.165) is 32.7 Å². The second-order valence-corrected chi connectivity index (χ2v) is 6.33. The third-order valence-electron chi connectivity index (χ3n) is 4.88. The molecule has 0 saturated carbocycles. The van der Waals surface area contributed by atoms with E-state index < -0.39 is 0 Å². The van der Waals surface area contributed by atoms with E-state index in [0.29, 0.717) is 6.04 Å². The van der Waals surface area contributed by atoms with Crippen LogP contribution in [0.3, 0.4) is 0 Å². The van der Waals surface area contributed by atoms with E-state index in [1.54, 1.807) is 0 Å².